The smallest absolute Gasteiger partial charge is 0.233 e. The average molecular weight is 137 g/mol. The standard InChI is InChI=1S/C7H5OS/c8-6-7-2-1-4-9-5-3-7/h1-5H. The molecule has 1 heterocycles. The van der Waals surface area contributed by atoms with E-state index in [1.54, 1.807) is 30.2 Å². The van der Waals surface area contributed by atoms with Crippen molar-refractivity contribution in [3.8, 4) is 0 Å². The van der Waals surface area contributed by atoms with Crippen LogP contribution < -0.4 is 0 Å². The first-order chi connectivity index (χ1) is 4.43. The van der Waals surface area contributed by atoms with Crippen molar-refractivity contribution in [2.75, 3.05) is 0 Å². The van der Waals surface area contributed by atoms with Crippen molar-refractivity contribution in [3.05, 3.63) is 34.6 Å². The molecule has 0 saturated heterocycles. The predicted molar refractivity (Wildman–Crippen MR) is 39.6 cm³/mol. The predicted octanol–water partition coefficient (Wildman–Crippen LogP) is 1.80. The van der Waals surface area contributed by atoms with E-state index in [1.165, 1.54) is 0 Å². The minimum absolute atomic E-state index is 0.594. The lowest BCUT2D eigenvalue weighted by Gasteiger charge is -1.78. The monoisotopic (exact) mass is 137 g/mol. The van der Waals surface area contributed by atoms with Crippen molar-refractivity contribution in [1.82, 2.24) is 0 Å². The molecule has 0 atom stereocenters. The summed E-state index contributed by atoms with van der Waals surface area (Å²) >= 11 is 1.54. The fourth-order valence-corrected chi connectivity index (χ4v) is 0.955. The minimum atomic E-state index is 0.594. The molecule has 0 aromatic heterocycles. The van der Waals surface area contributed by atoms with Crippen molar-refractivity contribution in [2.24, 2.45) is 0 Å². The summed E-state index contributed by atoms with van der Waals surface area (Å²) < 4.78 is 0. The Bertz CT molecular complexity index is 189. The van der Waals surface area contributed by atoms with Gasteiger partial charge in [-0.2, -0.15) is 0 Å². The number of carbonyl (C=O) groups excluding carboxylic acids is 1. The highest BCUT2D eigenvalue weighted by Crippen LogP contribution is 2.10. The summed E-state index contributed by atoms with van der Waals surface area (Å²) in [5.41, 5.74) is 0.594. The topological polar surface area (TPSA) is 17.1 Å². The summed E-state index contributed by atoms with van der Waals surface area (Å²) in [6, 6.07) is 0. The Kier molecular flexibility index (Phi) is 2.33. The van der Waals surface area contributed by atoms with Crippen LogP contribution in [-0.4, -0.2) is 6.29 Å². The van der Waals surface area contributed by atoms with Crippen LogP contribution in [0.4, 0.5) is 0 Å². The molecule has 0 saturated carbocycles. The molecule has 45 valence electrons. The molecule has 0 amide bonds. The zero-order valence-corrected chi connectivity index (χ0v) is 5.52. The summed E-state index contributed by atoms with van der Waals surface area (Å²) in [5, 5.41) is 3.75. The molecule has 1 radical (unpaired) electrons. The van der Waals surface area contributed by atoms with Gasteiger partial charge in [-0.15, -0.1) is 11.8 Å². The van der Waals surface area contributed by atoms with Gasteiger partial charge in [0.1, 0.15) is 0 Å². The first-order valence-corrected chi connectivity index (χ1v) is 3.45. The Morgan fingerprint density at radius 2 is 2.33 bits per heavy atom. The van der Waals surface area contributed by atoms with Crippen molar-refractivity contribution in [3.63, 3.8) is 0 Å². The Morgan fingerprint density at radius 3 is 3.11 bits per heavy atom. The Balaban J connectivity index is 2.78. The third kappa shape index (κ3) is 1.90. The number of rotatable bonds is 1. The summed E-state index contributed by atoms with van der Waals surface area (Å²) in [6.07, 6.45) is 7.09. The molecule has 0 N–H and O–H groups in total. The second-order valence-corrected chi connectivity index (χ2v) is 2.31. The molecular formula is C7H5OS. The normalized spacial score (nSPS) is 16.7. The molecule has 1 aliphatic rings. The quantitative estimate of drug-likeness (QED) is 0.548. The van der Waals surface area contributed by atoms with Gasteiger partial charge in [0.25, 0.3) is 0 Å². The highest BCUT2D eigenvalue weighted by molar-refractivity contribution is 8.04. The Labute approximate surface area is 58.1 Å². The van der Waals surface area contributed by atoms with Crippen LogP contribution in [0.25, 0.3) is 0 Å². The fourth-order valence-electron chi connectivity index (χ4n) is 0.470. The lowest BCUT2D eigenvalue weighted by molar-refractivity contribution is 0.562. The molecule has 0 aromatic carbocycles. The molecule has 0 aromatic rings. The molecule has 1 rings (SSSR count). The first-order valence-electron chi connectivity index (χ1n) is 2.50. The van der Waals surface area contributed by atoms with Gasteiger partial charge in [0.2, 0.25) is 6.29 Å². The number of thioether (sulfide) groups is 1. The van der Waals surface area contributed by atoms with Crippen LogP contribution in [0, 0.1) is 0 Å². The average Bonchev–Trinajstić information content (AvgIpc) is 2.13. The molecule has 1 aliphatic heterocycles. The maximum atomic E-state index is 10.0. The number of hydrogen-bond donors (Lipinski definition) is 0. The minimum Gasteiger partial charge on any atom is -0.285 e. The molecule has 9 heavy (non-hydrogen) atoms. The van der Waals surface area contributed by atoms with Crippen molar-refractivity contribution in [1.29, 1.82) is 0 Å². The van der Waals surface area contributed by atoms with Crippen LogP contribution in [0.5, 0.6) is 0 Å². The highest BCUT2D eigenvalue weighted by atomic mass is 32.2. The number of hydrogen-bond acceptors (Lipinski definition) is 2. The van der Waals surface area contributed by atoms with E-state index in [1.807, 2.05) is 16.9 Å². The molecule has 0 aliphatic carbocycles. The van der Waals surface area contributed by atoms with E-state index in [9.17, 15) is 4.79 Å². The van der Waals surface area contributed by atoms with Crippen molar-refractivity contribution >= 4 is 18.0 Å². The van der Waals surface area contributed by atoms with Gasteiger partial charge < -0.3 is 0 Å². The third-order valence-corrected chi connectivity index (χ3v) is 1.48. The van der Waals surface area contributed by atoms with Gasteiger partial charge in [-0.25, -0.2) is 0 Å². The summed E-state index contributed by atoms with van der Waals surface area (Å²) in [4.78, 5) is 10.0. The lowest BCUT2D eigenvalue weighted by Crippen LogP contribution is -1.73. The number of allylic oxidation sites excluding steroid dienone is 4. The maximum absolute atomic E-state index is 10.0. The summed E-state index contributed by atoms with van der Waals surface area (Å²) in [6.45, 7) is 0. The Hall–Kier alpha value is -0.760. The van der Waals surface area contributed by atoms with E-state index in [-0.39, 0.29) is 0 Å². The van der Waals surface area contributed by atoms with E-state index in [0.29, 0.717) is 5.57 Å². The first kappa shape index (κ1) is 6.36. The molecule has 1 nitrogen and oxygen atoms in total. The zero-order valence-electron chi connectivity index (χ0n) is 4.70. The lowest BCUT2D eigenvalue weighted by atomic mass is 10.3. The Morgan fingerprint density at radius 1 is 1.44 bits per heavy atom. The second kappa shape index (κ2) is 3.30. The van der Waals surface area contributed by atoms with Gasteiger partial charge >= 0.3 is 0 Å². The van der Waals surface area contributed by atoms with Gasteiger partial charge in [-0.1, -0.05) is 12.2 Å². The van der Waals surface area contributed by atoms with Crippen molar-refractivity contribution < 1.29 is 4.79 Å². The SMILES string of the molecule is O=[C]C1=CC=CSC=C1. The molecule has 0 fully saturated rings. The van der Waals surface area contributed by atoms with Crippen LogP contribution in [0.15, 0.2) is 34.6 Å². The summed E-state index contributed by atoms with van der Waals surface area (Å²) in [7, 11) is 0. The van der Waals surface area contributed by atoms with Gasteiger partial charge in [0.15, 0.2) is 0 Å². The fraction of sp³-hybridized carbons (Fsp3) is 0. The van der Waals surface area contributed by atoms with Crippen LogP contribution in [0.3, 0.4) is 0 Å². The maximum Gasteiger partial charge on any atom is 0.233 e. The van der Waals surface area contributed by atoms with Crippen LogP contribution in [-0.2, 0) is 4.79 Å². The van der Waals surface area contributed by atoms with Crippen LogP contribution in [0.1, 0.15) is 0 Å². The van der Waals surface area contributed by atoms with Gasteiger partial charge in [-0.05, 0) is 16.9 Å². The third-order valence-electron chi connectivity index (χ3n) is 0.877. The largest absolute Gasteiger partial charge is 0.285 e. The molecular weight excluding hydrogens is 132 g/mol. The van der Waals surface area contributed by atoms with E-state index >= 15 is 0 Å². The second-order valence-electron chi connectivity index (χ2n) is 1.49. The zero-order chi connectivity index (χ0) is 6.53. The molecule has 2 heteroatoms. The van der Waals surface area contributed by atoms with E-state index in [0.717, 1.165) is 0 Å². The summed E-state index contributed by atoms with van der Waals surface area (Å²) in [5.74, 6) is 0. The molecule has 0 bridgehead atoms. The van der Waals surface area contributed by atoms with Crippen LogP contribution >= 0.6 is 11.8 Å². The van der Waals surface area contributed by atoms with Gasteiger partial charge in [0.05, 0.1) is 0 Å². The van der Waals surface area contributed by atoms with Crippen LogP contribution in [0.2, 0.25) is 0 Å². The molecule has 0 unspecified atom stereocenters. The van der Waals surface area contributed by atoms with E-state index < -0.39 is 0 Å². The van der Waals surface area contributed by atoms with Gasteiger partial charge in [-0.3, -0.25) is 4.79 Å². The van der Waals surface area contributed by atoms with E-state index in [4.69, 9.17) is 0 Å². The van der Waals surface area contributed by atoms with Gasteiger partial charge in [0, 0.05) is 5.57 Å². The van der Waals surface area contributed by atoms with Crippen molar-refractivity contribution in [2.45, 2.75) is 0 Å². The van der Waals surface area contributed by atoms with E-state index in [2.05, 4.69) is 0 Å². The highest BCUT2D eigenvalue weighted by Gasteiger charge is 1.88. The molecule has 0 spiro atoms.